The highest BCUT2D eigenvalue weighted by molar-refractivity contribution is 5.83. The summed E-state index contributed by atoms with van der Waals surface area (Å²) in [5.41, 5.74) is -1.99. The van der Waals surface area contributed by atoms with Crippen molar-refractivity contribution in [1.29, 1.82) is 0 Å². The largest absolute Gasteiger partial charge is 0.389 e. The van der Waals surface area contributed by atoms with Gasteiger partial charge in [0.05, 0.1) is 11.2 Å². The standard InChI is InChI=1S/C24H38O5/c1-2-3-14-23(28,24(29)16-17-24)15-8-9-19-12-13-22(27)21(19)11-7-5-4-6-10-20(26)18-25/h5,7-9,19,21,25,28-29H,2-4,6,10-18H2,1H3/t19-,21+,23?/m0/s1. The van der Waals surface area contributed by atoms with Crippen molar-refractivity contribution in [2.75, 3.05) is 6.61 Å². The van der Waals surface area contributed by atoms with Crippen molar-refractivity contribution in [1.82, 2.24) is 0 Å². The number of rotatable bonds is 14. The second kappa shape index (κ2) is 11.2. The number of aliphatic hydroxyl groups excluding tert-OH is 1. The van der Waals surface area contributed by atoms with E-state index in [1.165, 1.54) is 0 Å². The number of allylic oxidation sites excluding steroid dienone is 3. The molecule has 2 aliphatic carbocycles. The molecule has 0 aromatic heterocycles. The minimum atomic E-state index is -1.05. The average molecular weight is 407 g/mol. The Morgan fingerprint density at radius 1 is 1.24 bits per heavy atom. The Morgan fingerprint density at radius 2 is 2.00 bits per heavy atom. The fraction of sp³-hybridized carbons (Fsp3) is 0.750. The fourth-order valence-electron chi connectivity index (χ4n) is 4.34. The molecule has 2 saturated carbocycles. The first-order valence-corrected chi connectivity index (χ1v) is 11.3. The van der Waals surface area contributed by atoms with Gasteiger partial charge in [-0.1, -0.05) is 44.1 Å². The number of carbonyl (C=O) groups excluding carboxylic acids is 2. The lowest BCUT2D eigenvalue weighted by Gasteiger charge is -2.32. The number of hydrogen-bond donors (Lipinski definition) is 3. The lowest BCUT2D eigenvalue weighted by atomic mass is 9.84. The summed E-state index contributed by atoms with van der Waals surface area (Å²) in [4.78, 5) is 23.3. The van der Waals surface area contributed by atoms with Crippen molar-refractivity contribution in [3.8, 4) is 0 Å². The fourth-order valence-corrected chi connectivity index (χ4v) is 4.34. The maximum Gasteiger partial charge on any atom is 0.158 e. The van der Waals surface area contributed by atoms with Gasteiger partial charge in [0, 0.05) is 18.8 Å². The van der Waals surface area contributed by atoms with Gasteiger partial charge in [0.1, 0.15) is 12.4 Å². The van der Waals surface area contributed by atoms with Crippen LogP contribution < -0.4 is 0 Å². The Morgan fingerprint density at radius 3 is 2.66 bits per heavy atom. The Bertz CT molecular complexity index is 604. The molecule has 0 radical (unpaired) electrons. The van der Waals surface area contributed by atoms with Gasteiger partial charge in [-0.2, -0.15) is 0 Å². The van der Waals surface area contributed by atoms with E-state index in [0.717, 1.165) is 32.1 Å². The highest BCUT2D eigenvalue weighted by atomic mass is 16.4. The van der Waals surface area contributed by atoms with Crippen LogP contribution in [0.4, 0.5) is 0 Å². The van der Waals surface area contributed by atoms with Crippen LogP contribution >= 0.6 is 0 Å². The van der Waals surface area contributed by atoms with Crippen molar-refractivity contribution in [2.24, 2.45) is 11.8 Å². The van der Waals surface area contributed by atoms with Gasteiger partial charge in [-0.15, -0.1) is 0 Å². The quantitative estimate of drug-likeness (QED) is 0.302. The third-order valence-corrected chi connectivity index (χ3v) is 6.59. The molecule has 5 nitrogen and oxygen atoms in total. The van der Waals surface area contributed by atoms with Crippen LogP contribution in [-0.2, 0) is 9.59 Å². The van der Waals surface area contributed by atoms with E-state index in [2.05, 4.69) is 13.0 Å². The van der Waals surface area contributed by atoms with E-state index in [4.69, 9.17) is 5.11 Å². The number of carbonyl (C=O) groups is 2. The monoisotopic (exact) mass is 406 g/mol. The third kappa shape index (κ3) is 6.87. The zero-order chi connectivity index (χ0) is 21.3. The summed E-state index contributed by atoms with van der Waals surface area (Å²) < 4.78 is 0. The number of Topliss-reactive ketones (excluding diaryl/α,β-unsaturated/α-hetero) is 2. The van der Waals surface area contributed by atoms with Crippen molar-refractivity contribution in [2.45, 2.75) is 95.2 Å². The maximum absolute atomic E-state index is 12.3. The van der Waals surface area contributed by atoms with Gasteiger partial charge < -0.3 is 15.3 Å². The van der Waals surface area contributed by atoms with E-state index in [1.54, 1.807) is 0 Å². The molecule has 0 bridgehead atoms. The first kappa shape index (κ1) is 24.0. The zero-order valence-electron chi connectivity index (χ0n) is 17.8. The molecule has 3 N–H and O–H groups in total. The van der Waals surface area contributed by atoms with E-state index in [9.17, 15) is 19.8 Å². The Kier molecular flexibility index (Phi) is 9.25. The topological polar surface area (TPSA) is 94.8 Å². The van der Waals surface area contributed by atoms with Gasteiger partial charge in [-0.05, 0) is 57.3 Å². The summed E-state index contributed by atoms with van der Waals surface area (Å²) in [6, 6.07) is 0. The Balaban J connectivity index is 1.83. The highest BCUT2D eigenvalue weighted by Crippen LogP contribution is 2.49. The molecule has 0 amide bonds. The van der Waals surface area contributed by atoms with E-state index < -0.39 is 11.2 Å². The molecule has 0 saturated heterocycles. The van der Waals surface area contributed by atoms with Gasteiger partial charge in [0.25, 0.3) is 0 Å². The summed E-state index contributed by atoms with van der Waals surface area (Å²) >= 11 is 0. The molecule has 29 heavy (non-hydrogen) atoms. The number of aliphatic hydroxyl groups is 3. The molecule has 2 fully saturated rings. The summed E-state index contributed by atoms with van der Waals surface area (Å²) in [6.07, 6.45) is 16.4. The first-order chi connectivity index (χ1) is 13.8. The van der Waals surface area contributed by atoms with Gasteiger partial charge in [-0.25, -0.2) is 0 Å². The Labute approximate surface area is 174 Å². The van der Waals surface area contributed by atoms with Crippen LogP contribution in [0.25, 0.3) is 0 Å². The zero-order valence-corrected chi connectivity index (χ0v) is 17.8. The van der Waals surface area contributed by atoms with Crippen LogP contribution in [0.2, 0.25) is 0 Å². The summed E-state index contributed by atoms with van der Waals surface area (Å²) in [7, 11) is 0. The van der Waals surface area contributed by atoms with Gasteiger partial charge in [0.15, 0.2) is 5.78 Å². The molecule has 2 aliphatic rings. The van der Waals surface area contributed by atoms with E-state index in [1.807, 2.05) is 18.2 Å². The van der Waals surface area contributed by atoms with E-state index in [-0.39, 0.29) is 24.2 Å². The van der Waals surface area contributed by atoms with E-state index in [0.29, 0.717) is 50.7 Å². The van der Waals surface area contributed by atoms with Crippen molar-refractivity contribution in [3.05, 3.63) is 24.3 Å². The molecule has 5 heteroatoms. The summed E-state index contributed by atoms with van der Waals surface area (Å²) in [5.74, 6) is 0.327. The second-order valence-electron chi connectivity index (χ2n) is 8.87. The maximum atomic E-state index is 12.3. The van der Waals surface area contributed by atoms with Crippen molar-refractivity contribution in [3.63, 3.8) is 0 Å². The van der Waals surface area contributed by atoms with Crippen LogP contribution in [0.15, 0.2) is 24.3 Å². The molecular formula is C24H38O5. The Hall–Kier alpha value is -1.30. The molecule has 1 unspecified atom stereocenters. The van der Waals surface area contributed by atoms with Crippen molar-refractivity contribution >= 4 is 11.6 Å². The molecule has 0 aromatic rings. The molecule has 0 aliphatic heterocycles. The predicted octanol–water partition coefficient (Wildman–Crippen LogP) is 3.65. The summed E-state index contributed by atoms with van der Waals surface area (Å²) in [5, 5.41) is 30.2. The lowest BCUT2D eigenvalue weighted by Crippen LogP contribution is -2.44. The molecule has 2 rings (SSSR count). The number of hydrogen-bond acceptors (Lipinski definition) is 5. The molecule has 3 atom stereocenters. The molecule has 0 spiro atoms. The van der Waals surface area contributed by atoms with E-state index >= 15 is 0 Å². The van der Waals surface area contributed by atoms with Crippen LogP contribution in [0.5, 0.6) is 0 Å². The van der Waals surface area contributed by atoms with Crippen LogP contribution in [0, 0.1) is 11.8 Å². The third-order valence-electron chi connectivity index (χ3n) is 6.59. The molecular weight excluding hydrogens is 368 g/mol. The van der Waals surface area contributed by atoms with Gasteiger partial charge >= 0.3 is 0 Å². The SMILES string of the molecule is CCCCC(O)(CC=C[C@H]1CCC(=O)[C@@H]1CC=CCCCC(=O)CO)C1(O)CC1. The van der Waals surface area contributed by atoms with Crippen LogP contribution in [0.1, 0.15) is 84.0 Å². The normalized spacial score (nSPS) is 25.7. The number of ketones is 2. The minimum Gasteiger partial charge on any atom is -0.389 e. The van der Waals surface area contributed by atoms with Crippen molar-refractivity contribution < 1.29 is 24.9 Å². The van der Waals surface area contributed by atoms with Gasteiger partial charge in [-0.3, -0.25) is 9.59 Å². The molecule has 0 aromatic carbocycles. The predicted molar refractivity (Wildman–Crippen MR) is 113 cm³/mol. The minimum absolute atomic E-state index is 0.0191. The lowest BCUT2D eigenvalue weighted by molar-refractivity contribution is -0.122. The van der Waals surface area contributed by atoms with Crippen LogP contribution in [-0.4, -0.2) is 44.7 Å². The molecule has 0 heterocycles. The smallest absolute Gasteiger partial charge is 0.158 e. The average Bonchev–Trinajstić information content (AvgIpc) is 3.38. The summed E-state index contributed by atoms with van der Waals surface area (Å²) in [6.45, 7) is 1.69. The van der Waals surface area contributed by atoms with Crippen LogP contribution in [0.3, 0.4) is 0 Å². The molecule has 164 valence electrons. The number of unbranched alkanes of at least 4 members (excludes halogenated alkanes) is 2. The first-order valence-electron chi connectivity index (χ1n) is 11.3. The highest BCUT2D eigenvalue weighted by Gasteiger charge is 2.56. The van der Waals surface area contributed by atoms with Gasteiger partial charge in [0.2, 0.25) is 0 Å². The second-order valence-corrected chi connectivity index (χ2v) is 8.87.